The van der Waals surface area contributed by atoms with Gasteiger partial charge in [-0.1, -0.05) is 24.3 Å². The van der Waals surface area contributed by atoms with Gasteiger partial charge in [-0.05, 0) is 36.1 Å². The maximum Gasteiger partial charge on any atom is 0.269 e. The van der Waals surface area contributed by atoms with Crippen molar-refractivity contribution in [3.05, 3.63) is 69.8 Å². The summed E-state index contributed by atoms with van der Waals surface area (Å²) in [5.74, 6) is -0.147. The lowest BCUT2D eigenvalue weighted by molar-refractivity contribution is -0.384. The highest BCUT2D eigenvalue weighted by atomic mass is 16.6. The number of nitro benzene ring substituents is 1. The molecule has 2 aromatic carbocycles. The number of amides is 1. The van der Waals surface area contributed by atoms with Gasteiger partial charge in [0, 0.05) is 30.8 Å². The van der Waals surface area contributed by atoms with Crippen LogP contribution in [0.2, 0.25) is 0 Å². The van der Waals surface area contributed by atoms with E-state index >= 15 is 0 Å². The molecule has 2 aromatic rings. The molecule has 120 valence electrons. The first-order chi connectivity index (χ1) is 11.1. The summed E-state index contributed by atoms with van der Waals surface area (Å²) in [6.07, 6.45) is 1.27. The van der Waals surface area contributed by atoms with Crippen molar-refractivity contribution in [1.82, 2.24) is 0 Å². The number of carbonyl (C=O) groups is 1. The van der Waals surface area contributed by atoms with Crippen LogP contribution in [0.4, 0.5) is 11.4 Å². The Morgan fingerprint density at radius 3 is 2.48 bits per heavy atom. The second-order valence-electron chi connectivity index (χ2n) is 5.15. The number of anilines is 1. The first kappa shape index (κ1) is 16.6. The third-order valence-electron chi connectivity index (χ3n) is 3.40. The summed E-state index contributed by atoms with van der Waals surface area (Å²) in [5.41, 5.74) is 2.48. The number of benzene rings is 2. The van der Waals surface area contributed by atoms with Gasteiger partial charge in [-0.15, -0.1) is 0 Å². The van der Waals surface area contributed by atoms with Gasteiger partial charge in [-0.2, -0.15) is 0 Å². The highest BCUT2D eigenvalue weighted by Crippen LogP contribution is 2.15. The number of hydrogen-bond acceptors (Lipinski definition) is 4. The van der Waals surface area contributed by atoms with Crippen molar-refractivity contribution in [2.75, 3.05) is 11.9 Å². The molecule has 0 heterocycles. The van der Waals surface area contributed by atoms with Crippen molar-refractivity contribution in [2.45, 2.75) is 19.3 Å². The van der Waals surface area contributed by atoms with Crippen LogP contribution >= 0.6 is 0 Å². The molecule has 0 spiro atoms. The predicted octanol–water partition coefficient (Wildman–Crippen LogP) is 2.70. The average molecular weight is 314 g/mol. The molecule has 1 amide bonds. The molecule has 0 fully saturated rings. The van der Waals surface area contributed by atoms with Crippen LogP contribution in [0.5, 0.6) is 0 Å². The Labute approximate surface area is 133 Å². The Kier molecular flexibility index (Phi) is 5.82. The molecule has 0 saturated heterocycles. The van der Waals surface area contributed by atoms with Gasteiger partial charge in [0.05, 0.1) is 4.92 Å². The standard InChI is InChI=1S/C17H18N2O4/c20-11-10-13-4-7-15(8-5-13)18-17(21)9-6-14-2-1-3-16(12-14)19(22)23/h1-5,7-8,12,20H,6,9-11H2,(H,18,21). The molecule has 2 N–H and O–H groups in total. The van der Waals surface area contributed by atoms with E-state index in [-0.39, 0.29) is 24.6 Å². The average Bonchev–Trinajstić information content (AvgIpc) is 2.55. The molecule has 0 atom stereocenters. The van der Waals surface area contributed by atoms with Crippen LogP contribution in [0.25, 0.3) is 0 Å². The molecule has 0 unspecified atom stereocenters. The Hall–Kier alpha value is -2.73. The Morgan fingerprint density at radius 2 is 1.83 bits per heavy atom. The molecule has 23 heavy (non-hydrogen) atoms. The van der Waals surface area contributed by atoms with Crippen molar-refractivity contribution in [3.63, 3.8) is 0 Å². The Balaban J connectivity index is 1.87. The molecule has 0 radical (unpaired) electrons. The topological polar surface area (TPSA) is 92.5 Å². The SMILES string of the molecule is O=C(CCc1cccc([N+](=O)[O-])c1)Nc1ccc(CCO)cc1. The lowest BCUT2D eigenvalue weighted by Gasteiger charge is -2.06. The lowest BCUT2D eigenvalue weighted by atomic mass is 10.1. The van der Waals surface area contributed by atoms with Crippen LogP contribution in [0.15, 0.2) is 48.5 Å². The number of nitrogens with zero attached hydrogens (tertiary/aromatic N) is 1. The fourth-order valence-corrected chi connectivity index (χ4v) is 2.19. The highest BCUT2D eigenvalue weighted by molar-refractivity contribution is 5.90. The molecule has 0 aliphatic carbocycles. The van der Waals surface area contributed by atoms with E-state index in [4.69, 9.17) is 5.11 Å². The summed E-state index contributed by atoms with van der Waals surface area (Å²) in [7, 11) is 0. The fourth-order valence-electron chi connectivity index (χ4n) is 2.19. The quantitative estimate of drug-likeness (QED) is 0.607. The molecule has 0 aromatic heterocycles. The van der Waals surface area contributed by atoms with E-state index < -0.39 is 4.92 Å². The zero-order chi connectivity index (χ0) is 16.7. The van der Waals surface area contributed by atoms with Crippen molar-refractivity contribution < 1.29 is 14.8 Å². The fraction of sp³-hybridized carbons (Fsp3) is 0.235. The third-order valence-corrected chi connectivity index (χ3v) is 3.40. The summed E-state index contributed by atoms with van der Waals surface area (Å²) < 4.78 is 0. The van der Waals surface area contributed by atoms with Crippen LogP contribution in [0.3, 0.4) is 0 Å². The second-order valence-corrected chi connectivity index (χ2v) is 5.15. The minimum absolute atomic E-state index is 0.0300. The van der Waals surface area contributed by atoms with E-state index in [1.165, 1.54) is 12.1 Å². The molecule has 0 aliphatic heterocycles. The summed E-state index contributed by atoms with van der Waals surface area (Å²) >= 11 is 0. The summed E-state index contributed by atoms with van der Waals surface area (Å²) in [4.78, 5) is 22.2. The van der Waals surface area contributed by atoms with Gasteiger partial charge < -0.3 is 10.4 Å². The minimum Gasteiger partial charge on any atom is -0.396 e. The van der Waals surface area contributed by atoms with Crippen LogP contribution < -0.4 is 5.32 Å². The summed E-state index contributed by atoms with van der Waals surface area (Å²) in [5, 5.41) is 22.4. The molecule has 6 heteroatoms. The molecule has 0 saturated carbocycles. The Bertz CT molecular complexity index is 683. The maximum absolute atomic E-state index is 11.9. The van der Waals surface area contributed by atoms with Crippen LogP contribution in [-0.4, -0.2) is 22.5 Å². The predicted molar refractivity (Wildman–Crippen MR) is 87.3 cm³/mol. The molecule has 6 nitrogen and oxygen atoms in total. The minimum atomic E-state index is -0.447. The summed E-state index contributed by atoms with van der Waals surface area (Å²) in [6, 6.07) is 13.6. The maximum atomic E-state index is 11.9. The van der Waals surface area contributed by atoms with Crippen LogP contribution in [0, 0.1) is 10.1 Å². The van der Waals surface area contributed by atoms with Crippen molar-refractivity contribution in [3.8, 4) is 0 Å². The molecular weight excluding hydrogens is 296 g/mol. The van der Waals surface area contributed by atoms with Crippen molar-refractivity contribution >= 4 is 17.3 Å². The molecule has 2 rings (SSSR count). The van der Waals surface area contributed by atoms with E-state index in [0.717, 1.165) is 11.1 Å². The number of nitrogens with one attached hydrogen (secondary N) is 1. The summed E-state index contributed by atoms with van der Waals surface area (Å²) in [6.45, 7) is 0.0922. The first-order valence-electron chi connectivity index (χ1n) is 7.31. The first-order valence-corrected chi connectivity index (χ1v) is 7.31. The van der Waals surface area contributed by atoms with E-state index in [2.05, 4.69) is 5.32 Å². The Morgan fingerprint density at radius 1 is 1.09 bits per heavy atom. The van der Waals surface area contributed by atoms with Gasteiger partial charge in [0.1, 0.15) is 0 Å². The van der Waals surface area contributed by atoms with Crippen molar-refractivity contribution in [2.24, 2.45) is 0 Å². The van der Waals surface area contributed by atoms with Gasteiger partial charge >= 0.3 is 0 Å². The van der Waals surface area contributed by atoms with Crippen molar-refractivity contribution in [1.29, 1.82) is 0 Å². The van der Waals surface area contributed by atoms with E-state index in [9.17, 15) is 14.9 Å². The van der Waals surface area contributed by atoms with Gasteiger partial charge in [0.25, 0.3) is 5.69 Å². The van der Waals surface area contributed by atoms with E-state index in [0.29, 0.717) is 18.5 Å². The second kappa shape index (κ2) is 8.05. The number of aliphatic hydroxyl groups is 1. The molecular formula is C17H18N2O4. The van der Waals surface area contributed by atoms with Gasteiger partial charge in [-0.25, -0.2) is 0 Å². The number of hydrogen-bond donors (Lipinski definition) is 2. The smallest absolute Gasteiger partial charge is 0.269 e. The largest absolute Gasteiger partial charge is 0.396 e. The lowest BCUT2D eigenvalue weighted by Crippen LogP contribution is -2.12. The van der Waals surface area contributed by atoms with E-state index in [1.807, 2.05) is 12.1 Å². The molecule has 0 aliphatic rings. The number of aryl methyl sites for hydroxylation is 1. The van der Waals surface area contributed by atoms with Crippen LogP contribution in [-0.2, 0) is 17.6 Å². The van der Waals surface area contributed by atoms with Crippen LogP contribution in [0.1, 0.15) is 17.5 Å². The molecule has 0 bridgehead atoms. The van der Waals surface area contributed by atoms with Gasteiger partial charge in [-0.3, -0.25) is 14.9 Å². The highest BCUT2D eigenvalue weighted by Gasteiger charge is 2.08. The monoisotopic (exact) mass is 314 g/mol. The zero-order valence-electron chi connectivity index (χ0n) is 12.6. The number of aliphatic hydroxyl groups excluding tert-OH is 1. The van der Waals surface area contributed by atoms with E-state index in [1.54, 1.807) is 24.3 Å². The number of non-ortho nitro benzene ring substituents is 1. The zero-order valence-corrected chi connectivity index (χ0v) is 12.6. The number of nitro groups is 1. The van der Waals surface area contributed by atoms with Gasteiger partial charge in [0.15, 0.2) is 0 Å². The third kappa shape index (κ3) is 5.19. The van der Waals surface area contributed by atoms with Gasteiger partial charge in [0.2, 0.25) is 5.91 Å². The number of rotatable bonds is 7. The number of carbonyl (C=O) groups excluding carboxylic acids is 1. The normalized spacial score (nSPS) is 10.3.